The predicted molar refractivity (Wildman–Crippen MR) is 87.1 cm³/mol. The summed E-state index contributed by atoms with van der Waals surface area (Å²) in [4.78, 5) is 5.51. The smallest absolute Gasteiger partial charge is 0.208 e. The molecule has 0 amide bonds. The summed E-state index contributed by atoms with van der Waals surface area (Å²) in [6, 6.07) is 13.1. The first-order valence-corrected chi connectivity index (χ1v) is 8.44. The number of ether oxygens (including phenoxy) is 1. The van der Waals surface area contributed by atoms with E-state index in [4.69, 9.17) is 10.00 Å². The zero-order chi connectivity index (χ0) is 15.2. The Balaban J connectivity index is 1.46. The molecule has 0 aliphatic rings. The molecule has 110 valence electrons. The van der Waals surface area contributed by atoms with Gasteiger partial charge in [0.15, 0.2) is 5.82 Å². The molecule has 0 unspecified atom stereocenters. The van der Waals surface area contributed by atoms with Crippen LogP contribution >= 0.6 is 23.1 Å². The summed E-state index contributed by atoms with van der Waals surface area (Å²) in [7, 11) is 0. The van der Waals surface area contributed by atoms with Crippen LogP contribution in [0.3, 0.4) is 0 Å². The minimum Gasteiger partial charge on any atom is -0.493 e. The second-order valence-electron chi connectivity index (χ2n) is 4.28. The Morgan fingerprint density at radius 2 is 2.14 bits per heavy atom. The molecule has 0 bridgehead atoms. The summed E-state index contributed by atoms with van der Waals surface area (Å²) in [5.74, 6) is 2.31. The number of thioether (sulfide) groups is 1. The van der Waals surface area contributed by atoms with Gasteiger partial charge in [-0.15, -0.1) is 16.4 Å². The normalized spacial score (nSPS) is 10.3. The van der Waals surface area contributed by atoms with Crippen molar-refractivity contribution in [1.82, 2.24) is 15.2 Å². The van der Waals surface area contributed by atoms with Crippen LogP contribution in [0.2, 0.25) is 0 Å². The van der Waals surface area contributed by atoms with Gasteiger partial charge in [-0.05, 0) is 35.7 Å². The first-order valence-electron chi connectivity index (χ1n) is 6.57. The summed E-state index contributed by atoms with van der Waals surface area (Å²) in [5, 5.41) is 18.6. The fourth-order valence-electron chi connectivity index (χ4n) is 1.75. The largest absolute Gasteiger partial charge is 0.493 e. The Morgan fingerprint density at radius 3 is 2.86 bits per heavy atom. The fourth-order valence-corrected chi connectivity index (χ4v) is 3.03. The molecule has 7 heteroatoms. The van der Waals surface area contributed by atoms with Gasteiger partial charge in [0, 0.05) is 5.75 Å². The standard InChI is InChI=1S/C15H12N4OS2/c16-10-11-3-5-12(6-4-11)20-7-9-22-15-17-14(18-19-15)13-2-1-8-21-13/h1-6,8H,7,9H2,(H,17,18,19). The van der Waals surface area contributed by atoms with Gasteiger partial charge in [0.05, 0.1) is 23.1 Å². The van der Waals surface area contributed by atoms with Gasteiger partial charge in [0.1, 0.15) is 5.75 Å². The predicted octanol–water partition coefficient (Wildman–Crippen LogP) is 3.58. The van der Waals surface area contributed by atoms with Gasteiger partial charge in [-0.25, -0.2) is 4.98 Å². The van der Waals surface area contributed by atoms with Crippen LogP contribution in [-0.4, -0.2) is 27.5 Å². The van der Waals surface area contributed by atoms with E-state index >= 15 is 0 Å². The molecule has 0 spiro atoms. The van der Waals surface area contributed by atoms with E-state index in [1.807, 2.05) is 17.5 Å². The van der Waals surface area contributed by atoms with Gasteiger partial charge < -0.3 is 4.74 Å². The maximum atomic E-state index is 8.73. The number of benzene rings is 1. The van der Waals surface area contributed by atoms with Gasteiger partial charge in [-0.3, -0.25) is 5.10 Å². The Morgan fingerprint density at radius 1 is 1.27 bits per heavy atom. The number of rotatable bonds is 6. The van der Waals surface area contributed by atoms with E-state index < -0.39 is 0 Å². The molecule has 0 fully saturated rings. The van der Waals surface area contributed by atoms with Crippen molar-refractivity contribution in [3.8, 4) is 22.5 Å². The molecule has 2 aromatic heterocycles. The summed E-state index contributed by atoms with van der Waals surface area (Å²) < 4.78 is 5.61. The highest BCUT2D eigenvalue weighted by Gasteiger charge is 2.06. The van der Waals surface area contributed by atoms with Gasteiger partial charge in [-0.1, -0.05) is 17.8 Å². The molecule has 3 aromatic rings. The van der Waals surface area contributed by atoms with Crippen LogP contribution in [0.1, 0.15) is 5.56 Å². The third-order valence-electron chi connectivity index (χ3n) is 2.79. The highest BCUT2D eigenvalue weighted by molar-refractivity contribution is 7.99. The molecular formula is C15H12N4OS2. The third-order valence-corrected chi connectivity index (χ3v) is 4.47. The first kappa shape index (κ1) is 14.6. The lowest BCUT2D eigenvalue weighted by Crippen LogP contribution is -2.00. The van der Waals surface area contributed by atoms with Crippen LogP contribution < -0.4 is 4.74 Å². The molecule has 1 N–H and O–H groups in total. The molecule has 1 aromatic carbocycles. The highest BCUT2D eigenvalue weighted by Crippen LogP contribution is 2.23. The van der Waals surface area contributed by atoms with Crippen LogP contribution in [0.15, 0.2) is 46.9 Å². The molecular weight excluding hydrogens is 316 g/mol. The molecule has 2 heterocycles. The van der Waals surface area contributed by atoms with Crippen LogP contribution in [0, 0.1) is 11.3 Å². The van der Waals surface area contributed by atoms with Gasteiger partial charge in [0.2, 0.25) is 5.16 Å². The van der Waals surface area contributed by atoms with Crippen molar-refractivity contribution in [3.63, 3.8) is 0 Å². The molecule has 5 nitrogen and oxygen atoms in total. The Bertz CT molecular complexity index is 760. The molecule has 3 rings (SSSR count). The van der Waals surface area contributed by atoms with Crippen LogP contribution in [0.5, 0.6) is 5.75 Å². The number of nitrogens with one attached hydrogen (secondary N) is 1. The van der Waals surface area contributed by atoms with Crippen LogP contribution in [0.25, 0.3) is 10.7 Å². The molecule has 0 aliphatic carbocycles. The fraction of sp³-hybridized carbons (Fsp3) is 0.133. The Kier molecular flexibility index (Phi) is 4.73. The minimum atomic E-state index is 0.555. The van der Waals surface area contributed by atoms with Crippen LogP contribution in [-0.2, 0) is 0 Å². The molecule has 0 saturated heterocycles. The van der Waals surface area contributed by atoms with Crippen molar-refractivity contribution in [2.24, 2.45) is 0 Å². The number of thiophene rings is 1. The van der Waals surface area contributed by atoms with Gasteiger partial charge >= 0.3 is 0 Å². The molecule has 22 heavy (non-hydrogen) atoms. The minimum absolute atomic E-state index is 0.555. The van der Waals surface area contributed by atoms with E-state index in [0.717, 1.165) is 22.2 Å². The average molecular weight is 328 g/mol. The van der Waals surface area contributed by atoms with E-state index in [9.17, 15) is 0 Å². The van der Waals surface area contributed by atoms with E-state index in [0.29, 0.717) is 17.3 Å². The number of H-pyrrole nitrogens is 1. The Hall–Kier alpha value is -2.30. The topological polar surface area (TPSA) is 74.6 Å². The number of hydrogen-bond acceptors (Lipinski definition) is 6. The number of nitriles is 1. The van der Waals surface area contributed by atoms with Gasteiger partial charge in [-0.2, -0.15) is 5.26 Å². The second-order valence-corrected chi connectivity index (χ2v) is 6.29. The quantitative estimate of drug-likeness (QED) is 0.553. The van der Waals surface area contributed by atoms with Crippen molar-refractivity contribution in [1.29, 1.82) is 5.26 Å². The van der Waals surface area contributed by atoms with Crippen LogP contribution in [0.4, 0.5) is 0 Å². The maximum absolute atomic E-state index is 8.73. The van der Waals surface area contributed by atoms with Crippen molar-refractivity contribution < 1.29 is 4.74 Å². The van der Waals surface area contributed by atoms with E-state index in [2.05, 4.69) is 21.3 Å². The number of aromatic amines is 1. The monoisotopic (exact) mass is 328 g/mol. The number of aromatic nitrogens is 3. The third kappa shape index (κ3) is 3.67. The van der Waals surface area contributed by atoms with Gasteiger partial charge in [0.25, 0.3) is 0 Å². The van der Waals surface area contributed by atoms with E-state index in [-0.39, 0.29) is 0 Å². The highest BCUT2D eigenvalue weighted by atomic mass is 32.2. The Labute approximate surface area is 136 Å². The van der Waals surface area contributed by atoms with E-state index in [1.165, 1.54) is 11.8 Å². The average Bonchev–Trinajstić information content (AvgIpc) is 3.23. The summed E-state index contributed by atoms with van der Waals surface area (Å²) in [6.45, 7) is 0.555. The van der Waals surface area contributed by atoms with Crippen molar-refractivity contribution in [2.45, 2.75) is 5.16 Å². The molecule has 0 atom stereocenters. The number of hydrogen-bond donors (Lipinski definition) is 1. The lowest BCUT2D eigenvalue weighted by Gasteiger charge is -2.04. The lowest BCUT2D eigenvalue weighted by atomic mass is 10.2. The second kappa shape index (κ2) is 7.11. The molecule has 0 saturated carbocycles. The van der Waals surface area contributed by atoms with E-state index in [1.54, 1.807) is 35.6 Å². The lowest BCUT2D eigenvalue weighted by molar-refractivity contribution is 0.344. The van der Waals surface area contributed by atoms with Crippen molar-refractivity contribution in [2.75, 3.05) is 12.4 Å². The summed E-state index contributed by atoms with van der Waals surface area (Å²) >= 11 is 3.17. The zero-order valence-corrected chi connectivity index (χ0v) is 13.2. The summed E-state index contributed by atoms with van der Waals surface area (Å²) in [6.07, 6.45) is 0. The van der Waals surface area contributed by atoms with Crippen molar-refractivity contribution >= 4 is 23.1 Å². The molecule has 0 radical (unpaired) electrons. The van der Waals surface area contributed by atoms with Crippen molar-refractivity contribution in [3.05, 3.63) is 47.3 Å². The molecule has 0 aliphatic heterocycles. The zero-order valence-electron chi connectivity index (χ0n) is 11.5. The SMILES string of the molecule is N#Cc1ccc(OCCSc2n[nH]c(-c3cccs3)n2)cc1. The maximum Gasteiger partial charge on any atom is 0.208 e. The first-order chi connectivity index (χ1) is 10.8. The number of nitrogens with zero attached hydrogens (tertiary/aromatic N) is 3. The summed E-state index contributed by atoms with van der Waals surface area (Å²) in [5.41, 5.74) is 0.628.